The van der Waals surface area contributed by atoms with Crippen LogP contribution in [0.5, 0.6) is 0 Å². The van der Waals surface area contributed by atoms with Crippen molar-refractivity contribution in [3.8, 4) is 0 Å². The Kier molecular flexibility index (Phi) is 5.36. The van der Waals surface area contributed by atoms with Gasteiger partial charge in [-0.15, -0.1) is 0 Å². The molecule has 0 saturated carbocycles. The zero-order valence-corrected chi connectivity index (χ0v) is 11.3. The Hall–Kier alpha value is -1.85. The first-order chi connectivity index (χ1) is 10.1. The molecule has 0 fully saturated rings. The van der Waals surface area contributed by atoms with Crippen LogP contribution in [0.1, 0.15) is 23.7 Å². The molecule has 2 N–H and O–H groups in total. The summed E-state index contributed by atoms with van der Waals surface area (Å²) in [5.41, 5.74) is 0.862. The van der Waals surface area contributed by atoms with Crippen molar-refractivity contribution < 1.29 is 18.3 Å². The second kappa shape index (κ2) is 7.24. The third kappa shape index (κ3) is 4.58. The van der Waals surface area contributed by atoms with Gasteiger partial charge < -0.3 is 10.4 Å². The summed E-state index contributed by atoms with van der Waals surface area (Å²) in [6.07, 6.45) is -0.817. The fraction of sp³-hybridized carbons (Fsp3) is 0.250. The summed E-state index contributed by atoms with van der Waals surface area (Å²) in [5.74, 6) is -1.50. The van der Waals surface area contributed by atoms with E-state index in [1.54, 1.807) is 12.1 Å². The van der Waals surface area contributed by atoms with Gasteiger partial charge in [-0.2, -0.15) is 0 Å². The average Bonchev–Trinajstić information content (AvgIpc) is 2.47. The SMILES string of the molecule is OC(CCNCc1ccc(F)cc1)c1cc(F)ccc1F. The van der Waals surface area contributed by atoms with Gasteiger partial charge in [0.05, 0.1) is 6.10 Å². The minimum absolute atomic E-state index is 0.0430. The van der Waals surface area contributed by atoms with E-state index < -0.39 is 17.7 Å². The monoisotopic (exact) mass is 295 g/mol. The van der Waals surface area contributed by atoms with Crippen LogP contribution in [0.4, 0.5) is 13.2 Å². The van der Waals surface area contributed by atoms with E-state index in [0.717, 1.165) is 23.8 Å². The van der Waals surface area contributed by atoms with E-state index in [1.807, 2.05) is 0 Å². The molecule has 0 heterocycles. The van der Waals surface area contributed by atoms with Gasteiger partial charge >= 0.3 is 0 Å². The number of hydrogen-bond acceptors (Lipinski definition) is 2. The Morgan fingerprint density at radius 2 is 1.62 bits per heavy atom. The molecule has 0 saturated heterocycles. The molecule has 0 aromatic heterocycles. The predicted molar refractivity (Wildman–Crippen MR) is 74.0 cm³/mol. The van der Waals surface area contributed by atoms with E-state index >= 15 is 0 Å². The number of aliphatic hydroxyl groups excluding tert-OH is 1. The van der Waals surface area contributed by atoms with Crippen molar-refractivity contribution in [3.63, 3.8) is 0 Å². The highest BCUT2D eigenvalue weighted by Gasteiger charge is 2.13. The molecule has 21 heavy (non-hydrogen) atoms. The van der Waals surface area contributed by atoms with Crippen LogP contribution in [0.3, 0.4) is 0 Å². The van der Waals surface area contributed by atoms with Crippen molar-refractivity contribution in [2.45, 2.75) is 19.1 Å². The number of nitrogens with one attached hydrogen (secondary N) is 1. The summed E-state index contributed by atoms with van der Waals surface area (Å²) < 4.78 is 39.2. The number of aliphatic hydroxyl groups is 1. The molecule has 2 rings (SSSR count). The second-order valence-electron chi connectivity index (χ2n) is 4.77. The van der Waals surface area contributed by atoms with E-state index in [-0.39, 0.29) is 17.8 Å². The molecule has 0 amide bonds. The van der Waals surface area contributed by atoms with E-state index in [9.17, 15) is 18.3 Å². The zero-order chi connectivity index (χ0) is 15.2. The maximum atomic E-state index is 13.4. The molecule has 5 heteroatoms. The van der Waals surface area contributed by atoms with Crippen LogP contribution < -0.4 is 5.32 Å². The highest BCUT2D eigenvalue weighted by Crippen LogP contribution is 2.20. The molecule has 2 nitrogen and oxygen atoms in total. The first-order valence-electron chi connectivity index (χ1n) is 6.64. The van der Waals surface area contributed by atoms with Gasteiger partial charge in [-0.25, -0.2) is 13.2 Å². The van der Waals surface area contributed by atoms with Gasteiger partial charge in [-0.05, 0) is 48.9 Å². The first kappa shape index (κ1) is 15.5. The minimum Gasteiger partial charge on any atom is -0.388 e. The Bertz CT molecular complexity index is 587. The maximum Gasteiger partial charge on any atom is 0.129 e. The number of halogens is 3. The largest absolute Gasteiger partial charge is 0.388 e. The van der Waals surface area contributed by atoms with E-state index in [1.165, 1.54) is 12.1 Å². The molecule has 0 spiro atoms. The lowest BCUT2D eigenvalue weighted by molar-refractivity contribution is 0.161. The molecule has 0 aliphatic rings. The van der Waals surface area contributed by atoms with Crippen molar-refractivity contribution >= 4 is 0 Å². The summed E-state index contributed by atoms with van der Waals surface area (Å²) in [5, 5.41) is 12.9. The molecule has 0 aliphatic carbocycles. The van der Waals surface area contributed by atoms with Crippen LogP contribution >= 0.6 is 0 Å². The van der Waals surface area contributed by atoms with Gasteiger partial charge in [-0.3, -0.25) is 0 Å². The Morgan fingerprint density at radius 3 is 2.33 bits per heavy atom. The van der Waals surface area contributed by atoms with Gasteiger partial charge in [-0.1, -0.05) is 12.1 Å². The molecule has 0 bridgehead atoms. The summed E-state index contributed by atoms with van der Waals surface area (Å²) in [6, 6.07) is 9.07. The van der Waals surface area contributed by atoms with Crippen LogP contribution in [0.2, 0.25) is 0 Å². The van der Waals surface area contributed by atoms with Crippen molar-refractivity contribution in [3.05, 3.63) is 71.0 Å². The van der Waals surface area contributed by atoms with Crippen LogP contribution in [-0.2, 0) is 6.54 Å². The summed E-state index contributed by atoms with van der Waals surface area (Å²) >= 11 is 0. The lowest BCUT2D eigenvalue weighted by atomic mass is 10.1. The Labute approximate surface area is 121 Å². The van der Waals surface area contributed by atoms with Crippen LogP contribution in [0, 0.1) is 17.5 Å². The highest BCUT2D eigenvalue weighted by atomic mass is 19.1. The fourth-order valence-electron chi connectivity index (χ4n) is 2.00. The standard InChI is InChI=1S/C16H16F3NO/c17-12-3-1-11(2-4-12)10-20-8-7-16(21)14-9-13(18)5-6-15(14)19/h1-6,9,16,20-21H,7-8,10H2. The van der Waals surface area contributed by atoms with Gasteiger partial charge in [0.15, 0.2) is 0 Å². The second-order valence-corrected chi connectivity index (χ2v) is 4.77. The average molecular weight is 295 g/mol. The molecular weight excluding hydrogens is 279 g/mol. The lowest BCUT2D eigenvalue weighted by Gasteiger charge is -2.12. The van der Waals surface area contributed by atoms with E-state index in [4.69, 9.17) is 0 Å². The van der Waals surface area contributed by atoms with Crippen molar-refractivity contribution in [1.82, 2.24) is 5.32 Å². The maximum absolute atomic E-state index is 13.4. The van der Waals surface area contributed by atoms with Gasteiger partial charge in [0.2, 0.25) is 0 Å². The molecule has 112 valence electrons. The lowest BCUT2D eigenvalue weighted by Crippen LogP contribution is -2.17. The summed E-state index contributed by atoms with van der Waals surface area (Å²) in [4.78, 5) is 0. The molecule has 1 atom stereocenters. The van der Waals surface area contributed by atoms with Crippen molar-refractivity contribution in [2.24, 2.45) is 0 Å². The summed E-state index contributed by atoms with van der Waals surface area (Å²) in [6.45, 7) is 0.938. The molecule has 2 aromatic carbocycles. The quantitative estimate of drug-likeness (QED) is 0.801. The van der Waals surface area contributed by atoms with Gasteiger partial charge in [0, 0.05) is 12.1 Å². The van der Waals surface area contributed by atoms with E-state index in [0.29, 0.717) is 13.1 Å². The number of rotatable bonds is 6. The number of hydrogen-bond donors (Lipinski definition) is 2. The third-order valence-electron chi connectivity index (χ3n) is 3.15. The van der Waals surface area contributed by atoms with Crippen LogP contribution in [0.15, 0.2) is 42.5 Å². The van der Waals surface area contributed by atoms with Crippen molar-refractivity contribution in [2.75, 3.05) is 6.54 Å². The Balaban J connectivity index is 1.80. The molecule has 2 aromatic rings. The minimum atomic E-state index is -1.07. The molecule has 1 unspecified atom stereocenters. The number of benzene rings is 2. The highest BCUT2D eigenvalue weighted by molar-refractivity contribution is 5.21. The van der Waals surface area contributed by atoms with E-state index in [2.05, 4.69) is 5.32 Å². The molecular formula is C16H16F3NO. The summed E-state index contributed by atoms with van der Waals surface area (Å²) in [7, 11) is 0. The first-order valence-corrected chi connectivity index (χ1v) is 6.64. The van der Waals surface area contributed by atoms with Crippen LogP contribution in [0.25, 0.3) is 0 Å². The topological polar surface area (TPSA) is 32.3 Å². The van der Waals surface area contributed by atoms with Crippen LogP contribution in [-0.4, -0.2) is 11.7 Å². The van der Waals surface area contributed by atoms with Crippen molar-refractivity contribution in [1.29, 1.82) is 0 Å². The predicted octanol–water partition coefficient (Wildman–Crippen LogP) is 3.32. The normalized spacial score (nSPS) is 12.4. The van der Waals surface area contributed by atoms with Gasteiger partial charge in [0.1, 0.15) is 17.5 Å². The molecule has 0 aliphatic heterocycles. The zero-order valence-electron chi connectivity index (χ0n) is 11.3. The smallest absolute Gasteiger partial charge is 0.129 e. The third-order valence-corrected chi connectivity index (χ3v) is 3.15. The fourth-order valence-corrected chi connectivity index (χ4v) is 2.00. The Morgan fingerprint density at radius 1 is 0.952 bits per heavy atom. The molecule has 0 radical (unpaired) electrons. The van der Waals surface area contributed by atoms with Gasteiger partial charge in [0.25, 0.3) is 0 Å².